The van der Waals surface area contributed by atoms with E-state index in [1.165, 1.54) is 12.8 Å². The SMILES string of the molecule is CCOC(=O)c1ccc(N)c(N2CCCC(CCNC)C2)c1. The van der Waals surface area contributed by atoms with Crippen LogP contribution in [0, 0.1) is 5.92 Å². The van der Waals surface area contributed by atoms with Crippen LogP contribution in [0.2, 0.25) is 0 Å². The second-order valence-corrected chi connectivity index (χ2v) is 5.84. The fourth-order valence-corrected chi connectivity index (χ4v) is 3.03. The summed E-state index contributed by atoms with van der Waals surface area (Å²) in [4.78, 5) is 14.2. The molecular weight excluding hydrogens is 278 g/mol. The van der Waals surface area contributed by atoms with Gasteiger partial charge >= 0.3 is 5.97 Å². The lowest BCUT2D eigenvalue weighted by Gasteiger charge is -2.35. The number of esters is 1. The van der Waals surface area contributed by atoms with Crippen LogP contribution in [0.1, 0.15) is 36.5 Å². The molecule has 22 heavy (non-hydrogen) atoms. The minimum atomic E-state index is -0.285. The average molecular weight is 305 g/mol. The predicted molar refractivity (Wildman–Crippen MR) is 90.3 cm³/mol. The van der Waals surface area contributed by atoms with Gasteiger partial charge in [0.15, 0.2) is 0 Å². The van der Waals surface area contributed by atoms with Crippen molar-refractivity contribution in [2.24, 2.45) is 5.92 Å². The molecule has 0 spiro atoms. The van der Waals surface area contributed by atoms with Gasteiger partial charge in [0.25, 0.3) is 0 Å². The van der Waals surface area contributed by atoms with Crippen LogP contribution in [-0.4, -0.2) is 39.3 Å². The maximum absolute atomic E-state index is 11.9. The van der Waals surface area contributed by atoms with Crippen LogP contribution >= 0.6 is 0 Å². The Hall–Kier alpha value is -1.75. The third-order valence-electron chi connectivity index (χ3n) is 4.20. The van der Waals surface area contributed by atoms with Crippen LogP contribution in [0.3, 0.4) is 0 Å². The molecule has 0 amide bonds. The summed E-state index contributed by atoms with van der Waals surface area (Å²) in [5, 5.41) is 3.21. The highest BCUT2D eigenvalue weighted by Crippen LogP contribution is 2.30. The van der Waals surface area contributed by atoms with E-state index in [-0.39, 0.29) is 5.97 Å². The molecule has 1 aromatic rings. The topological polar surface area (TPSA) is 67.6 Å². The molecule has 0 radical (unpaired) electrons. The zero-order valence-corrected chi connectivity index (χ0v) is 13.6. The molecule has 1 saturated heterocycles. The van der Waals surface area contributed by atoms with Crippen molar-refractivity contribution in [2.75, 3.05) is 43.9 Å². The van der Waals surface area contributed by atoms with Gasteiger partial charge in [0.2, 0.25) is 0 Å². The lowest BCUT2D eigenvalue weighted by atomic mass is 9.94. The number of nitrogen functional groups attached to an aromatic ring is 1. The Bertz CT molecular complexity index is 505. The number of benzene rings is 1. The van der Waals surface area contributed by atoms with Gasteiger partial charge in [-0.05, 0) is 63.9 Å². The number of nitrogens with one attached hydrogen (secondary N) is 1. The van der Waals surface area contributed by atoms with Crippen molar-refractivity contribution < 1.29 is 9.53 Å². The quantitative estimate of drug-likeness (QED) is 0.623. The Balaban J connectivity index is 2.12. The number of ether oxygens (including phenoxy) is 1. The minimum Gasteiger partial charge on any atom is -0.462 e. The number of nitrogens with zero attached hydrogens (tertiary/aromatic N) is 1. The van der Waals surface area contributed by atoms with Gasteiger partial charge in [-0.2, -0.15) is 0 Å². The van der Waals surface area contributed by atoms with Crippen LogP contribution in [0.5, 0.6) is 0 Å². The van der Waals surface area contributed by atoms with Gasteiger partial charge in [0, 0.05) is 13.1 Å². The summed E-state index contributed by atoms with van der Waals surface area (Å²) >= 11 is 0. The third-order valence-corrected chi connectivity index (χ3v) is 4.20. The van der Waals surface area contributed by atoms with Crippen molar-refractivity contribution in [2.45, 2.75) is 26.2 Å². The molecule has 0 bridgehead atoms. The predicted octanol–water partition coefficient (Wildman–Crippen LogP) is 2.27. The summed E-state index contributed by atoms with van der Waals surface area (Å²) in [6.45, 7) is 5.23. The zero-order chi connectivity index (χ0) is 15.9. The maximum atomic E-state index is 11.9. The zero-order valence-electron chi connectivity index (χ0n) is 13.6. The fourth-order valence-electron chi connectivity index (χ4n) is 3.03. The first-order valence-electron chi connectivity index (χ1n) is 8.12. The first-order valence-corrected chi connectivity index (χ1v) is 8.12. The van der Waals surface area contributed by atoms with E-state index >= 15 is 0 Å². The molecule has 1 atom stereocenters. The van der Waals surface area contributed by atoms with Gasteiger partial charge in [-0.3, -0.25) is 0 Å². The van der Waals surface area contributed by atoms with Gasteiger partial charge in [-0.15, -0.1) is 0 Å². The van der Waals surface area contributed by atoms with Gasteiger partial charge in [0.1, 0.15) is 0 Å². The monoisotopic (exact) mass is 305 g/mol. The van der Waals surface area contributed by atoms with Gasteiger partial charge in [-0.1, -0.05) is 0 Å². The summed E-state index contributed by atoms with van der Waals surface area (Å²) < 4.78 is 5.08. The fraction of sp³-hybridized carbons (Fsp3) is 0.588. The van der Waals surface area contributed by atoms with E-state index in [0.717, 1.165) is 37.4 Å². The Morgan fingerprint density at radius 3 is 3.05 bits per heavy atom. The Morgan fingerprint density at radius 2 is 2.32 bits per heavy atom. The number of hydrogen-bond donors (Lipinski definition) is 2. The molecule has 5 nitrogen and oxygen atoms in total. The van der Waals surface area contributed by atoms with E-state index < -0.39 is 0 Å². The summed E-state index contributed by atoms with van der Waals surface area (Å²) in [5.74, 6) is 0.388. The summed E-state index contributed by atoms with van der Waals surface area (Å²) in [6, 6.07) is 5.41. The number of rotatable bonds is 6. The van der Waals surface area contributed by atoms with Crippen molar-refractivity contribution in [3.63, 3.8) is 0 Å². The lowest BCUT2D eigenvalue weighted by Crippen LogP contribution is -2.37. The molecule has 1 aliphatic rings. The van der Waals surface area contributed by atoms with Gasteiger partial charge < -0.3 is 20.7 Å². The molecule has 0 aromatic heterocycles. The van der Waals surface area contributed by atoms with Crippen LogP contribution in [-0.2, 0) is 4.74 Å². The highest BCUT2D eigenvalue weighted by molar-refractivity contribution is 5.92. The molecule has 5 heteroatoms. The van der Waals surface area contributed by atoms with Crippen molar-refractivity contribution in [3.8, 4) is 0 Å². The van der Waals surface area contributed by atoms with Crippen molar-refractivity contribution in [1.82, 2.24) is 5.32 Å². The van der Waals surface area contributed by atoms with E-state index in [0.29, 0.717) is 18.1 Å². The summed E-state index contributed by atoms with van der Waals surface area (Å²) in [7, 11) is 1.99. The lowest BCUT2D eigenvalue weighted by molar-refractivity contribution is 0.0526. The van der Waals surface area contributed by atoms with E-state index in [2.05, 4.69) is 10.2 Å². The molecule has 1 heterocycles. The molecular formula is C17H27N3O2. The molecule has 3 N–H and O–H groups in total. The van der Waals surface area contributed by atoms with Gasteiger partial charge in [0.05, 0.1) is 23.5 Å². The number of nitrogens with two attached hydrogens (primary N) is 1. The molecule has 1 aliphatic heterocycles. The molecule has 1 unspecified atom stereocenters. The summed E-state index contributed by atoms with van der Waals surface area (Å²) in [6.07, 6.45) is 3.59. The first kappa shape index (κ1) is 16.6. The minimum absolute atomic E-state index is 0.285. The number of piperidine rings is 1. The van der Waals surface area contributed by atoms with E-state index in [9.17, 15) is 4.79 Å². The Kier molecular flexibility index (Phi) is 6.07. The standard InChI is InChI=1S/C17H27N3O2/c1-3-22-17(21)14-6-7-15(18)16(11-14)20-10-4-5-13(12-20)8-9-19-2/h6-7,11,13,19H,3-5,8-10,12,18H2,1-2H3. The molecule has 0 aliphatic carbocycles. The average Bonchev–Trinajstić information content (AvgIpc) is 2.54. The second kappa shape index (κ2) is 8.03. The van der Waals surface area contributed by atoms with Crippen LogP contribution < -0.4 is 16.0 Å². The molecule has 122 valence electrons. The van der Waals surface area contributed by atoms with Crippen molar-refractivity contribution >= 4 is 17.3 Å². The van der Waals surface area contributed by atoms with Crippen molar-refractivity contribution in [3.05, 3.63) is 23.8 Å². The molecule has 1 fully saturated rings. The van der Waals surface area contributed by atoms with Crippen LogP contribution in [0.25, 0.3) is 0 Å². The number of anilines is 2. The largest absolute Gasteiger partial charge is 0.462 e. The smallest absolute Gasteiger partial charge is 0.338 e. The maximum Gasteiger partial charge on any atom is 0.338 e. The normalized spacial score (nSPS) is 18.3. The van der Waals surface area contributed by atoms with E-state index in [1.54, 1.807) is 12.1 Å². The molecule has 0 saturated carbocycles. The Labute approximate surface area is 132 Å². The Morgan fingerprint density at radius 1 is 1.50 bits per heavy atom. The highest BCUT2D eigenvalue weighted by atomic mass is 16.5. The van der Waals surface area contributed by atoms with Crippen LogP contribution in [0.15, 0.2) is 18.2 Å². The number of carbonyl (C=O) groups excluding carboxylic acids is 1. The summed E-state index contributed by atoms with van der Waals surface area (Å²) in [5.41, 5.74) is 8.39. The molecule has 1 aromatic carbocycles. The van der Waals surface area contributed by atoms with Crippen molar-refractivity contribution in [1.29, 1.82) is 0 Å². The third kappa shape index (κ3) is 4.13. The van der Waals surface area contributed by atoms with Gasteiger partial charge in [-0.25, -0.2) is 4.79 Å². The highest BCUT2D eigenvalue weighted by Gasteiger charge is 2.22. The van der Waals surface area contributed by atoms with Crippen LogP contribution in [0.4, 0.5) is 11.4 Å². The number of carbonyl (C=O) groups is 1. The second-order valence-electron chi connectivity index (χ2n) is 5.84. The first-order chi connectivity index (χ1) is 10.7. The molecule has 2 rings (SSSR count). The van der Waals surface area contributed by atoms with E-state index in [1.807, 2.05) is 20.0 Å². The van der Waals surface area contributed by atoms with E-state index in [4.69, 9.17) is 10.5 Å². The number of hydrogen-bond acceptors (Lipinski definition) is 5.